The highest BCUT2D eigenvalue weighted by Crippen LogP contribution is 2.27. The molecular formula is C18H18N4O3S. The summed E-state index contributed by atoms with van der Waals surface area (Å²) in [6.45, 7) is 1.22. The molecular weight excluding hydrogens is 352 g/mol. The van der Waals surface area contributed by atoms with Crippen LogP contribution in [0.15, 0.2) is 53.7 Å². The largest absolute Gasteiger partial charge is 0.383 e. The maximum absolute atomic E-state index is 10.9. The van der Waals surface area contributed by atoms with Gasteiger partial charge in [-0.2, -0.15) is 0 Å². The highest BCUT2D eigenvalue weighted by atomic mass is 32.2. The summed E-state index contributed by atoms with van der Waals surface area (Å²) in [6.07, 6.45) is 0. The number of rotatable bonds is 8. The molecule has 0 saturated carbocycles. The summed E-state index contributed by atoms with van der Waals surface area (Å²) in [6, 6.07) is 14.4. The molecule has 2 aromatic carbocycles. The average molecular weight is 370 g/mol. The number of nitro groups is 1. The Kier molecular flexibility index (Phi) is 5.98. The van der Waals surface area contributed by atoms with Crippen molar-refractivity contribution >= 4 is 34.2 Å². The number of anilines is 1. The highest BCUT2D eigenvalue weighted by Gasteiger charge is 2.10. The average Bonchev–Trinajstić information content (AvgIpc) is 2.66. The molecule has 3 aromatic rings. The minimum absolute atomic E-state index is 0.0875. The van der Waals surface area contributed by atoms with Gasteiger partial charge in [-0.05, 0) is 17.7 Å². The second kappa shape index (κ2) is 8.59. The SMILES string of the molecule is COCCNc1nc(SCc2cccc([N+](=O)[O-])c2)nc2ccccc12. The van der Waals surface area contributed by atoms with Crippen molar-refractivity contribution in [3.05, 3.63) is 64.2 Å². The number of para-hydroxylation sites is 1. The Morgan fingerprint density at radius 2 is 2.04 bits per heavy atom. The third-order valence-electron chi connectivity index (χ3n) is 3.67. The first kappa shape index (κ1) is 18.1. The number of non-ortho nitro benzene ring substituents is 1. The van der Waals surface area contributed by atoms with Gasteiger partial charge >= 0.3 is 0 Å². The summed E-state index contributed by atoms with van der Waals surface area (Å²) in [5.41, 5.74) is 1.79. The zero-order valence-electron chi connectivity index (χ0n) is 14.2. The van der Waals surface area contributed by atoms with Crippen molar-refractivity contribution in [3.63, 3.8) is 0 Å². The molecule has 26 heavy (non-hydrogen) atoms. The first-order valence-electron chi connectivity index (χ1n) is 8.03. The van der Waals surface area contributed by atoms with E-state index in [-0.39, 0.29) is 5.69 Å². The van der Waals surface area contributed by atoms with E-state index in [1.165, 1.54) is 17.8 Å². The van der Waals surface area contributed by atoms with Crippen molar-refractivity contribution in [2.24, 2.45) is 0 Å². The number of thioether (sulfide) groups is 1. The maximum atomic E-state index is 10.9. The topological polar surface area (TPSA) is 90.2 Å². The minimum Gasteiger partial charge on any atom is -0.383 e. The van der Waals surface area contributed by atoms with Crippen molar-refractivity contribution in [1.29, 1.82) is 0 Å². The van der Waals surface area contributed by atoms with Gasteiger partial charge in [-0.3, -0.25) is 10.1 Å². The van der Waals surface area contributed by atoms with Crippen LogP contribution in [-0.2, 0) is 10.5 Å². The van der Waals surface area contributed by atoms with E-state index in [2.05, 4.69) is 15.3 Å². The molecule has 1 aromatic heterocycles. The van der Waals surface area contributed by atoms with E-state index in [1.54, 1.807) is 19.2 Å². The lowest BCUT2D eigenvalue weighted by molar-refractivity contribution is -0.384. The number of fused-ring (bicyclic) bond motifs is 1. The number of nitro benzene ring substituents is 1. The predicted octanol–water partition coefficient (Wildman–Crippen LogP) is 3.89. The van der Waals surface area contributed by atoms with E-state index < -0.39 is 4.92 Å². The smallest absolute Gasteiger partial charge is 0.269 e. The molecule has 1 N–H and O–H groups in total. The van der Waals surface area contributed by atoms with Crippen LogP contribution >= 0.6 is 11.8 Å². The lowest BCUT2D eigenvalue weighted by Crippen LogP contribution is -2.10. The maximum Gasteiger partial charge on any atom is 0.269 e. The Morgan fingerprint density at radius 1 is 1.19 bits per heavy atom. The highest BCUT2D eigenvalue weighted by molar-refractivity contribution is 7.98. The van der Waals surface area contributed by atoms with Gasteiger partial charge < -0.3 is 10.1 Å². The number of nitrogens with one attached hydrogen (secondary N) is 1. The normalized spacial score (nSPS) is 10.8. The van der Waals surface area contributed by atoms with Gasteiger partial charge in [0.15, 0.2) is 5.16 Å². The second-order valence-corrected chi connectivity index (χ2v) is 6.45. The zero-order valence-corrected chi connectivity index (χ0v) is 15.0. The molecule has 0 aliphatic heterocycles. The number of nitrogens with zero attached hydrogens (tertiary/aromatic N) is 3. The van der Waals surface area contributed by atoms with Gasteiger partial charge in [-0.1, -0.05) is 36.0 Å². The molecule has 0 unspecified atom stereocenters. The molecule has 0 atom stereocenters. The molecule has 7 nitrogen and oxygen atoms in total. The number of aromatic nitrogens is 2. The van der Waals surface area contributed by atoms with E-state index in [0.29, 0.717) is 24.1 Å². The summed E-state index contributed by atoms with van der Waals surface area (Å²) in [7, 11) is 1.65. The van der Waals surface area contributed by atoms with E-state index >= 15 is 0 Å². The first-order chi connectivity index (χ1) is 12.7. The minimum atomic E-state index is -0.390. The molecule has 8 heteroatoms. The molecule has 0 amide bonds. The molecule has 1 heterocycles. The Labute approximate surface area is 155 Å². The van der Waals surface area contributed by atoms with Gasteiger partial charge in [-0.15, -0.1) is 0 Å². The van der Waals surface area contributed by atoms with Crippen molar-refractivity contribution in [2.75, 3.05) is 25.6 Å². The van der Waals surface area contributed by atoms with Gasteiger partial charge in [-0.25, -0.2) is 9.97 Å². The number of benzene rings is 2. The van der Waals surface area contributed by atoms with Crippen LogP contribution in [0.4, 0.5) is 11.5 Å². The molecule has 0 aliphatic carbocycles. The van der Waals surface area contributed by atoms with Gasteiger partial charge in [0.2, 0.25) is 0 Å². The Balaban J connectivity index is 1.81. The molecule has 0 fully saturated rings. The van der Waals surface area contributed by atoms with Crippen LogP contribution < -0.4 is 5.32 Å². The third-order valence-corrected chi connectivity index (χ3v) is 4.59. The van der Waals surface area contributed by atoms with Crippen LogP contribution in [0.1, 0.15) is 5.56 Å². The quantitative estimate of drug-likeness (QED) is 0.211. The molecule has 3 rings (SSSR count). The fourth-order valence-corrected chi connectivity index (χ4v) is 3.23. The Bertz CT molecular complexity index is 920. The van der Waals surface area contributed by atoms with E-state index in [1.807, 2.05) is 30.3 Å². The summed E-state index contributed by atoms with van der Waals surface area (Å²) in [5.74, 6) is 1.31. The predicted molar refractivity (Wildman–Crippen MR) is 103 cm³/mol. The van der Waals surface area contributed by atoms with Crippen LogP contribution in [0.3, 0.4) is 0 Å². The monoisotopic (exact) mass is 370 g/mol. The summed E-state index contributed by atoms with van der Waals surface area (Å²) in [5, 5.41) is 15.7. The van der Waals surface area contributed by atoms with Crippen LogP contribution in [0.5, 0.6) is 0 Å². The van der Waals surface area contributed by atoms with Gasteiger partial charge in [0.25, 0.3) is 5.69 Å². The van der Waals surface area contributed by atoms with Crippen LogP contribution in [0.25, 0.3) is 10.9 Å². The van der Waals surface area contributed by atoms with Gasteiger partial charge in [0.1, 0.15) is 5.82 Å². The number of ether oxygens (including phenoxy) is 1. The summed E-state index contributed by atoms with van der Waals surface area (Å²) >= 11 is 1.45. The van der Waals surface area contributed by atoms with Crippen molar-refractivity contribution in [3.8, 4) is 0 Å². The van der Waals surface area contributed by atoms with E-state index in [9.17, 15) is 10.1 Å². The lowest BCUT2D eigenvalue weighted by Gasteiger charge is -2.10. The fourth-order valence-electron chi connectivity index (χ4n) is 2.43. The standard InChI is InChI=1S/C18H18N4O3S/c1-25-10-9-19-17-15-7-2-3-8-16(15)20-18(21-17)26-12-13-5-4-6-14(11-13)22(23)24/h2-8,11H,9-10,12H2,1H3,(H,19,20,21). The molecule has 0 bridgehead atoms. The Morgan fingerprint density at radius 3 is 2.85 bits per heavy atom. The molecule has 134 valence electrons. The van der Waals surface area contributed by atoms with Crippen molar-refractivity contribution in [2.45, 2.75) is 10.9 Å². The second-order valence-electron chi connectivity index (χ2n) is 5.51. The zero-order chi connectivity index (χ0) is 18.4. The fraction of sp³-hybridized carbons (Fsp3) is 0.222. The van der Waals surface area contributed by atoms with Crippen LogP contribution in [0, 0.1) is 10.1 Å². The van der Waals surface area contributed by atoms with Crippen molar-refractivity contribution in [1.82, 2.24) is 9.97 Å². The van der Waals surface area contributed by atoms with Crippen molar-refractivity contribution < 1.29 is 9.66 Å². The number of methoxy groups -OCH3 is 1. The molecule has 0 aliphatic rings. The number of hydrogen-bond acceptors (Lipinski definition) is 7. The van der Waals surface area contributed by atoms with Crippen LogP contribution in [-0.4, -0.2) is 35.2 Å². The molecule has 0 spiro atoms. The van der Waals surface area contributed by atoms with Gasteiger partial charge in [0.05, 0.1) is 17.0 Å². The van der Waals surface area contributed by atoms with Crippen LogP contribution in [0.2, 0.25) is 0 Å². The van der Waals surface area contributed by atoms with Gasteiger partial charge in [0, 0.05) is 36.9 Å². The first-order valence-corrected chi connectivity index (χ1v) is 9.01. The summed E-state index contributed by atoms with van der Waals surface area (Å²) in [4.78, 5) is 19.7. The lowest BCUT2D eigenvalue weighted by atomic mass is 10.2. The number of hydrogen-bond donors (Lipinski definition) is 1. The third kappa shape index (κ3) is 4.47. The summed E-state index contributed by atoms with van der Waals surface area (Å²) < 4.78 is 5.08. The molecule has 0 saturated heterocycles. The van der Waals surface area contributed by atoms with E-state index in [0.717, 1.165) is 22.3 Å². The molecule has 0 radical (unpaired) electrons. The van der Waals surface area contributed by atoms with E-state index in [4.69, 9.17) is 4.74 Å². The Hall–Kier alpha value is -2.71.